The van der Waals surface area contributed by atoms with Gasteiger partial charge in [-0.25, -0.2) is 0 Å². The third kappa shape index (κ3) is 4.18. The molecule has 0 saturated carbocycles. The number of hydrogen-bond acceptors (Lipinski definition) is 1. The van der Waals surface area contributed by atoms with Crippen molar-refractivity contribution in [1.29, 1.82) is 0 Å². The molecule has 66 valence electrons. The summed E-state index contributed by atoms with van der Waals surface area (Å²) < 4.78 is 0. The van der Waals surface area contributed by atoms with Gasteiger partial charge in [0.15, 0.2) is 0 Å². The third-order valence-electron chi connectivity index (χ3n) is 2.37. The molecule has 0 spiro atoms. The van der Waals surface area contributed by atoms with Crippen molar-refractivity contribution < 1.29 is 4.79 Å². The van der Waals surface area contributed by atoms with Crippen molar-refractivity contribution in [3.05, 3.63) is 0 Å². The van der Waals surface area contributed by atoms with Crippen LogP contribution in [0.5, 0.6) is 0 Å². The summed E-state index contributed by atoms with van der Waals surface area (Å²) in [6.07, 6.45) is 3.30. The Kier molecular flexibility index (Phi) is 5.18. The third-order valence-corrected chi connectivity index (χ3v) is 2.37. The van der Waals surface area contributed by atoms with Gasteiger partial charge >= 0.3 is 0 Å². The van der Waals surface area contributed by atoms with E-state index in [2.05, 4.69) is 20.8 Å². The minimum absolute atomic E-state index is 0.238. The van der Waals surface area contributed by atoms with Crippen LogP contribution in [0.1, 0.15) is 40.5 Å². The lowest BCUT2D eigenvalue weighted by molar-refractivity contribution is -0.111. The average molecular weight is 156 g/mol. The molecule has 0 aliphatic heterocycles. The van der Waals surface area contributed by atoms with E-state index in [0.717, 1.165) is 18.6 Å². The molecule has 0 aliphatic rings. The van der Waals surface area contributed by atoms with Crippen LogP contribution >= 0.6 is 0 Å². The molecule has 1 heteroatoms. The standard InChI is InChI=1S/C10H20O/c1-5-10(8(2)3)6-9(4)7-11/h7-10H,5-6H2,1-4H3. The maximum atomic E-state index is 10.4. The first kappa shape index (κ1) is 10.7. The monoisotopic (exact) mass is 156 g/mol. The predicted octanol–water partition coefficient (Wildman–Crippen LogP) is 2.89. The van der Waals surface area contributed by atoms with Gasteiger partial charge in [0, 0.05) is 5.92 Å². The molecular weight excluding hydrogens is 136 g/mol. The number of carbonyl (C=O) groups is 1. The van der Waals surface area contributed by atoms with Crippen LogP contribution in [0.3, 0.4) is 0 Å². The summed E-state index contributed by atoms with van der Waals surface area (Å²) in [6.45, 7) is 8.65. The summed E-state index contributed by atoms with van der Waals surface area (Å²) in [4.78, 5) is 10.4. The smallest absolute Gasteiger partial charge is 0.122 e. The molecule has 0 amide bonds. The highest BCUT2D eigenvalue weighted by molar-refractivity contribution is 5.52. The van der Waals surface area contributed by atoms with Gasteiger partial charge in [-0.3, -0.25) is 0 Å². The molecule has 0 N–H and O–H groups in total. The molecular formula is C10H20O. The minimum atomic E-state index is 0.238. The van der Waals surface area contributed by atoms with Crippen molar-refractivity contribution in [1.82, 2.24) is 0 Å². The summed E-state index contributed by atoms with van der Waals surface area (Å²) >= 11 is 0. The first-order valence-electron chi connectivity index (χ1n) is 4.57. The van der Waals surface area contributed by atoms with Crippen molar-refractivity contribution >= 4 is 6.29 Å². The second kappa shape index (κ2) is 5.34. The van der Waals surface area contributed by atoms with Crippen molar-refractivity contribution in [2.75, 3.05) is 0 Å². The molecule has 11 heavy (non-hydrogen) atoms. The Morgan fingerprint density at radius 3 is 2.09 bits per heavy atom. The number of aldehydes is 1. The Labute approximate surface area is 70.2 Å². The maximum Gasteiger partial charge on any atom is 0.122 e. The summed E-state index contributed by atoms with van der Waals surface area (Å²) in [5, 5.41) is 0. The van der Waals surface area contributed by atoms with Gasteiger partial charge < -0.3 is 4.79 Å². The lowest BCUT2D eigenvalue weighted by Crippen LogP contribution is -2.12. The Hall–Kier alpha value is -0.330. The van der Waals surface area contributed by atoms with Crippen LogP contribution in [0.25, 0.3) is 0 Å². The Morgan fingerprint density at radius 1 is 1.27 bits per heavy atom. The topological polar surface area (TPSA) is 17.1 Å². The van der Waals surface area contributed by atoms with E-state index in [0.29, 0.717) is 5.92 Å². The first-order chi connectivity index (χ1) is 5.11. The molecule has 0 rings (SSSR count). The van der Waals surface area contributed by atoms with Crippen LogP contribution in [0.4, 0.5) is 0 Å². The van der Waals surface area contributed by atoms with E-state index in [1.807, 2.05) is 6.92 Å². The maximum absolute atomic E-state index is 10.4. The first-order valence-corrected chi connectivity index (χ1v) is 4.57. The molecule has 0 aliphatic carbocycles. The van der Waals surface area contributed by atoms with Crippen LogP contribution in [0.2, 0.25) is 0 Å². The molecule has 0 aromatic rings. The zero-order valence-corrected chi connectivity index (χ0v) is 8.13. The van der Waals surface area contributed by atoms with Gasteiger partial charge in [-0.15, -0.1) is 0 Å². The molecule has 0 aromatic carbocycles. The van der Waals surface area contributed by atoms with E-state index in [4.69, 9.17) is 0 Å². The van der Waals surface area contributed by atoms with Gasteiger partial charge in [0.05, 0.1) is 0 Å². The summed E-state index contributed by atoms with van der Waals surface area (Å²) in [5.74, 6) is 1.67. The largest absolute Gasteiger partial charge is 0.303 e. The van der Waals surface area contributed by atoms with Gasteiger partial charge in [-0.1, -0.05) is 34.1 Å². The van der Waals surface area contributed by atoms with Gasteiger partial charge in [-0.05, 0) is 18.3 Å². The van der Waals surface area contributed by atoms with E-state index in [-0.39, 0.29) is 5.92 Å². The lowest BCUT2D eigenvalue weighted by Gasteiger charge is -2.19. The van der Waals surface area contributed by atoms with Gasteiger partial charge in [0.1, 0.15) is 6.29 Å². The van der Waals surface area contributed by atoms with Crippen molar-refractivity contribution in [2.45, 2.75) is 40.5 Å². The fourth-order valence-corrected chi connectivity index (χ4v) is 1.44. The molecule has 2 unspecified atom stereocenters. The molecule has 0 saturated heterocycles. The molecule has 0 radical (unpaired) electrons. The number of carbonyl (C=O) groups excluding carboxylic acids is 1. The van der Waals surface area contributed by atoms with E-state index in [1.165, 1.54) is 6.42 Å². The van der Waals surface area contributed by atoms with E-state index < -0.39 is 0 Å². The molecule has 0 bridgehead atoms. The quantitative estimate of drug-likeness (QED) is 0.559. The van der Waals surface area contributed by atoms with Crippen molar-refractivity contribution in [2.24, 2.45) is 17.8 Å². The second-order valence-corrected chi connectivity index (χ2v) is 3.76. The molecule has 0 heterocycles. The highest BCUT2D eigenvalue weighted by Gasteiger charge is 2.13. The van der Waals surface area contributed by atoms with Gasteiger partial charge in [-0.2, -0.15) is 0 Å². The van der Waals surface area contributed by atoms with Crippen LogP contribution in [-0.4, -0.2) is 6.29 Å². The van der Waals surface area contributed by atoms with Gasteiger partial charge in [0.2, 0.25) is 0 Å². The SMILES string of the molecule is CCC(CC(C)C=O)C(C)C. The molecule has 2 atom stereocenters. The molecule has 0 aromatic heterocycles. The van der Waals surface area contributed by atoms with E-state index in [9.17, 15) is 4.79 Å². The van der Waals surface area contributed by atoms with Crippen LogP contribution in [0, 0.1) is 17.8 Å². The number of rotatable bonds is 5. The van der Waals surface area contributed by atoms with Crippen LogP contribution < -0.4 is 0 Å². The number of hydrogen-bond donors (Lipinski definition) is 0. The fraction of sp³-hybridized carbons (Fsp3) is 0.900. The van der Waals surface area contributed by atoms with Crippen LogP contribution in [-0.2, 0) is 4.79 Å². The normalized spacial score (nSPS) is 16.5. The predicted molar refractivity (Wildman–Crippen MR) is 48.5 cm³/mol. The summed E-state index contributed by atoms with van der Waals surface area (Å²) in [7, 11) is 0. The Bertz CT molecular complexity index is 107. The van der Waals surface area contributed by atoms with Crippen molar-refractivity contribution in [3.8, 4) is 0 Å². The lowest BCUT2D eigenvalue weighted by atomic mass is 9.86. The Balaban J connectivity index is 3.77. The average Bonchev–Trinajstić information content (AvgIpc) is 1.99. The summed E-state index contributed by atoms with van der Waals surface area (Å²) in [5.41, 5.74) is 0. The van der Waals surface area contributed by atoms with E-state index in [1.54, 1.807) is 0 Å². The zero-order chi connectivity index (χ0) is 8.85. The van der Waals surface area contributed by atoms with Crippen molar-refractivity contribution in [3.63, 3.8) is 0 Å². The molecule has 0 fully saturated rings. The highest BCUT2D eigenvalue weighted by Crippen LogP contribution is 2.22. The van der Waals surface area contributed by atoms with Crippen LogP contribution in [0.15, 0.2) is 0 Å². The fourth-order valence-electron chi connectivity index (χ4n) is 1.44. The zero-order valence-electron chi connectivity index (χ0n) is 8.13. The van der Waals surface area contributed by atoms with E-state index >= 15 is 0 Å². The molecule has 1 nitrogen and oxygen atoms in total. The van der Waals surface area contributed by atoms with Gasteiger partial charge in [0.25, 0.3) is 0 Å². The Morgan fingerprint density at radius 2 is 1.82 bits per heavy atom. The second-order valence-electron chi connectivity index (χ2n) is 3.76. The minimum Gasteiger partial charge on any atom is -0.303 e. The highest BCUT2D eigenvalue weighted by atomic mass is 16.1. The summed E-state index contributed by atoms with van der Waals surface area (Å²) in [6, 6.07) is 0.